The van der Waals surface area contributed by atoms with Crippen LogP contribution in [-0.2, 0) is 9.59 Å². The molecule has 0 N–H and O–H groups in total. The summed E-state index contributed by atoms with van der Waals surface area (Å²) in [5.74, 6) is 0.875. The average Bonchev–Trinajstić information content (AvgIpc) is 3.19. The van der Waals surface area contributed by atoms with E-state index >= 15 is 0 Å². The van der Waals surface area contributed by atoms with Crippen molar-refractivity contribution in [1.82, 2.24) is 14.7 Å². The molecule has 3 heterocycles. The highest BCUT2D eigenvalue weighted by atomic mass is 32.1. The molecule has 1 saturated carbocycles. The lowest BCUT2D eigenvalue weighted by Crippen LogP contribution is -2.48. The van der Waals surface area contributed by atoms with Gasteiger partial charge < -0.3 is 14.5 Å². The Morgan fingerprint density at radius 1 is 1.15 bits per heavy atom. The number of likely N-dealkylation sites (tertiary alicyclic amines) is 1. The van der Waals surface area contributed by atoms with Crippen LogP contribution in [0, 0.1) is 0 Å². The third-order valence-corrected chi connectivity index (χ3v) is 6.84. The van der Waals surface area contributed by atoms with Crippen molar-refractivity contribution in [2.24, 2.45) is 0 Å². The fourth-order valence-electron chi connectivity index (χ4n) is 4.46. The van der Waals surface area contributed by atoms with Crippen LogP contribution in [-0.4, -0.2) is 77.4 Å². The van der Waals surface area contributed by atoms with Gasteiger partial charge in [0, 0.05) is 50.9 Å². The van der Waals surface area contributed by atoms with E-state index in [1.165, 1.54) is 19.3 Å². The Hall–Kier alpha value is -1.60. The zero-order chi connectivity index (χ0) is 18.8. The van der Waals surface area contributed by atoms with Crippen LogP contribution in [0.5, 0.6) is 5.75 Å². The van der Waals surface area contributed by atoms with E-state index in [9.17, 15) is 9.59 Å². The van der Waals surface area contributed by atoms with Crippen molar-refractivity contribution in [3.8, 4) is 5.75 Å². The summed E-state index contributed by atoms with van der Waals surface area (Å²) in [4.78, 5) is 31.6. The van der Waals surface area contributed by atoms with Crippen LogP contribution in [0.15, 0.2) is 16.8 Å². The first-order valence-electron chi connectivity index (χ1n) is 10.1. The molecule has 0 spiro atoms. The zero-order valence-corrected chi connectivity index (χ0v) is 16.8. The van der Waals surface area contributed by atoms with Crippen molar-refractivity contribution in [1.29, 1.82) is 0 Å². The van der Waals surface area contributed by atoms with Crippen molar-refractivity contribution < 1.29 is 14.3 Å². The van der Waals surface area contributed by atoms with Gasteiger partial charge in [0.05, 0.1) is 6.54 Å². The Labute approximate surface area is 165 Å². The highest BCUT2D eigenvalue weighted by Gasteiger charge is 2.41. The number of ether oxygens (including phenoxy) is 1. The minimum Gasteiger partial charge on any atom is -0.488 e. The molecule has 0 bridgehead atoms. The molecule has 2 saturated heterocycles. The molecule has 27 heavy (non-hydrogen) atoms. The standard InChI is InChI=1S/C20H29N3O3S/c1-15(24)23-13-18(26-17-6-11-27-14-17)12-19(23)20(25)22-8-3-7-21(9-10-22)16-4-2-5-16/h6,11,14,16,18-19H,2-5,7-10,12-13H2,1H3/t18-,19+/m0/s1. The Morgan fingerprint density at radius 2 is 2.00 bits per heavy atom. The Bertz CT molecular complexity index is 661. The van der Waals surface area contributed by atoms with Gasteiger partial charge in [0.15, 0.2) is 0 Å². The van der Waals surface area contributed by atoms with Crippen LogP contribution in [0.25, 0.3) is 0 Å². The van der Waals surface area contributed by atoms with Gasteiger partial charge in [0.2, 0.25) is 11.8 Å². The predicted octanol–water partition coefficient (Wildman–Crippen LogP) is 2.20. The first-order chi connectivity index (χ1) is 13.1. The number of amides is 2. The van der Waals surface area contributed by atoms with E-state index in [0.29, 0.717) is 13.0 Å². The fourth-order valence-corrected chi connectivity index (χ4v) is 5.02. The number of nitrogens with zero attached hydrogens (tertiary/aromatic N) is 3. The number of hydrogen-bond donors (Lipinski definition) is 0. The molecule has 148 valence electrons. The normalized spacial score (nSPS) is 27.3. The molecule has 3 fully saturated rings. The molecular weight excluding hydrogens is 362 g/mol. The minimum atomic E-state index is -0.388. The number of carbonyl (C=O) groups is 2. The summed E-state index contributed by atoms with van der Waals surface area (Å²) >= 11 is 1.59. The van der Waals surface area contributed by atoms with Crippen molar-refractivity contribution in [2.75, 3.05) is 32.7 Å². The Balaban J connectivity index is 1.39. The molecule has 0 radical (unpaired) electrons. The third kappa shape index (κ3) is 4.14. The zero-order valence-electron chi connectivity index (χ0n) is 16.0. The van der Waals surface area contributed by atoms with Gasteiger partial charge in [-0.2, -0.15) is 0 Å². The molecule has 2 atom stereocenters. The van der Waals surface area contributed by atoms with E-state index in [0.717, 1.165) is 44.4 Å². The molecule has 1 aliphatic carbocycles. The lowest BCUT2D eigenvalue weighted by Gasteiger charge is -2.36. The Kier molecular flexibility index (Phi) is 5.68. The van der Waals surface area contributed by atoms with Gasteiger partial charge in [-0.25, -0.2) is 0 Å². The topological polar surface area (TPSA) is 53.1 Å². The summed E-state index contributed by atoms with van der Waals surface area (Å²) in [7, 11) is 0. The lowest BCUT2D eigenvalue weighted by molar-refractivity contribution is -0.142. The van der Waals surface area contributed by atoms with Crippen molar-refractivity contribution >= 4 is 23.2 Å². The van der Waals surface area contributed by atoms with Gasteiger partial charge in [-0.15, -0.1) is 11.3 Å². The van der Waals surface area contributed by atoms with Crippen LogP contribution in [0.2, 0.25) is 0 Å². The first kappa shape index (κ1) is 18.7. The molecule has 2 aliphatic heterocycles. The average molecular weight is 392 g/mol. The largest absolute Gasteiger partial charge is 0.488 e. The van der Waals surface area contributed by atoms with E-state index in [4.69, 9.17) is 4.74 Å². The van der Waals surface area contributed by atoms with Gasteiger partial charge in [0.25, 0.3) is 0 Å². The van der Waals surface area contributed by atoms with Crippen molar-refractivity contribution in [3.05, 3.63) is 16.8 Å². The van der Waals surface area contributed by atoms with Gasteiger partial charge in [-0.3, -0.25) is 14.5 Å². The Morgan fingerprint density at radius 3 is 2.67 bits per heavy atom. The van der Waals surface area contributed by atoms with E-state index in [1.54, 1.807) is 23.2 Å². The van der Waals surface area contributed by atoms with Crippen LogP contribution < -0.4 is 4.74 Å². The van der Waals surface area contributed by atoms with E-state index < -0.39 is 0 Å². The summed E-state index contributed by atoms with van der Waals surface area (Å²) in [5, 5.41) is 3.93. The van der Waals surface area contributed by atoms with E-state index in [1.807, 2.05) is 21.7 Å². The summed E-state index contributed by atoms with van der Waals surface area (Å²) in [5.41, 5.74) is 0. The van der Waals surface area contributed by atoms with Gasteiger partial charge in [0.1, 0.15) is 17.9 Å². The van der Waals surface area contributed by atoms with Crippen LogP contribution >= 0.6 is 11.3 Å². The molecule has 0 aromatic carbocycles. The maximum Gasteiger partial charge on any atom is 0.245 e. The molecule has 2 amide bonds. The number of rotatable bonds is 4. The quantitative estimate of drug-likeness (QED) is 0.790. The fraction of sp³-hybridized carbons (Fsp3) is 0.700. The highest BCUT2D eigenvalue weighted by Crippen LogP contribution is 2.28. The SMILES string of the molecule is CC(=O)N1C[C@@H](Oc2ccsc2)C[C@@H]1C(=O)N1CCCN(C2CCC2)CC1. The van der Waals surface area contributed by atoms with Gasteiger partial charge >= 0.3 is 0 Å². The van der Waals surface area contributed by atoms with E-state index in [2.05, 4.69) is 4.90 Å². The minimum absolute atomic E-state index is 0.0457. The van der Waals surface area contributed by atoms with Crippen LogP contribution in [0.4, 0.5) is 0 Å². The van der Waals surface area contributed by atoms with Crippen molar-refractivity contribution in [2.45, 2.75) is 57.2 Å². The molecule has 1 aromatic heterocycles. The predicted molar refractivity (Wildman–Crippen MR) is 105 cm³/mol. The summed E-state index contributed by atoms with van der Waals surface area (Å²) in [6.07, 6.45) is 5.43. The second-order valence-electron chi connectivity index (χ2n) is 7.92. The molecule has 1 aromatic rings. The van der Waals surface area contributed by atoms with Crippen molar-refractivity contribution in [3.63, 3.8) is 0 Å². The first-order valence-corrected chi connectivity index (χ1v) is 11.0. The molecule has 3 aliphatic rings. The lowest BCUT2D eigenvalue weighted by atomic mass is 9.91. The molecule has 0 unspecified atom stereocenters. The maximum absolute atomic E-state index is 13.2. The summed E-state index contributed by atoms with van der Waals surface area (Å²) in [6, 6.07) is 2.27. The highest BCUT2D eigenvalue weighted by molar-refractivity contribution is 7.08. The molecular formula is C20H29N3O3S. The van der Waals surface area contributed by atoms with Gasteiger partial charge in [-0.1, -0.05) is 6.42 Å². The summed E-state index contributed by atoms with van der Waals surface area (Å²) in [6.45, 7) is 5.64. The second kappa shape index (κ2) is 8.19. The van der Waals surface area contributed by atoms with Crippen LogP contribution in [0.1, 0.15) is 39.0 Å². The van der Waals surface area contributed by atoms with Crippen LogP contribution in [0.3, 0.4) is 0 Å². The van der Waals surface area contributed by atoms with E-state index in [-0.39, 0.29) is 24.0 Å². The maximum atomic E-state index is 13.2. The molecule has 7 heteroatoms. The number of hydrogen-bond acceptors (Lipinski definition) is 5. The van der Waals surface area contributed by atoms with Gasteiger partial charge in [-0.05, 0) is 30.7 Å². The third-order valence-electron chi connectivity index (χ3n) is 6.18. The second-order valence-corrected chi connectivity index (χ2v) is 8.70. The molecule has 4 rings (SSSR count). The molecule has 6 nitrogen and oxygen atoms in total. The number of thiophene rings is 1. The smallest absolute Gasteiger partial charge is 0.245 e. The summed E-state index contributed by atoms with van der Waals surface area (Å²) < 4.78 is 6.00. The number of carbonyl (C=O) groups excluding carboxylic acids is 2. The monoisotopic (exact) mass is 391 g/mol.